The lowest BCUT2D eigenvalue weighted by Crippen LogP contribution is -2.24. The average molecular weight is 470 g/mol. The Morgan fingerprint density at radius 1 is 1.12 bits per heavy atom. The van der Waals surface area contributed by atoms with E-state index < -0.39 is 0 Å². The molecule has 166 valence electrons. The first-order valence-corrected chi connectivity index (χ1v) is 11.9. The molecule has 2 heterocycles. The highest BCUT2D eigenvalue weighted by Gasteiger charge is 2.27. The second-order valence-electron chi connectivity index (χ2n) is 7.21. The van der Waals surface area contributed by atoms with Crippen LogP contribution in [0.1, 0.15) is 12.6 Å². The monoisotopic (exact) mass is 469 g/mol. The quantitative estimate of drug-likeness (QED) is 0.413. The highest BCUT2D eigenvalue weighted by Crippen LogP contribution is 2.35. The molecular weight excluding hydrogens is 446 g/mol. The second-order valence-corrected chi connectivity index (χ2v) is 9.60. The molecule has 7 nitrogen and oxygen atoms in total. The lowest BCUT2D eigenvalue weighted by atomic mass is 10.2. The number of fused-ring (bicyclic) bond motifs is 1. The van der Waals surface area contributed by atoms with E-state index in [4.69, 9.17) is 14.5 Å². The highest BCUT2D eigenvalue weighted by atomic mass is 32.2. The third-order valence-corrected chi connectivity index (χ3v) is 7.07. The molecule has 4 rings (SSSR count). The number of nitrogens with zero attached hydrogens (tertiary/aromatic N) is 2. The summed E-state index contributed by atoms with van der Waals surface area (Å²) in [6.45, 7) is 2.08. The number of nitrogens with one attached hydrogen (secondary N) is 1. The van der Waals surface area contributed by atoms with Crippen LogP contribution in [0.5, 0.6) is 11.5 Å². The van der Waals surface area contributed by atoms with Gasteiger partial charge in [-0.2, -0.15) is 0 Å². The van der Waals surface area contributed by atoms with Gasteiger partial charge in [-0.05, 0) is 48.5 Å². The van der Waals surface area contributed by atoms with E-state index in [0.717, 1.165) is 17.9 Å². The van der Waals surface area contributed by atoms with Gasteiger partial charge in [0.1, 0.15) is 11.5 Å². The van der Waals surface area contributed by atoms with Crippen molar-refractivity contribution in [2.24, 2.45) is 0 Å². The van der Waals surface area contributed by atoms with E-state index >= 15 is 0 Å². The van der Waals surface area contributed by atoms with Crippen LogP contribution in [0, 0.1) is 0 Å². The van der Waals surface area contributed by atoms with Crippen LogP contribution < -0.4 is 20.3 Å². The molecule has 1 unspecified atom stereocenters. The number of ether oxygens (including phenoxy) is 2. The molecule has 1 N–H and O–H groups in total. The van der Waals surface area contributed by atoms with E-state index in [2.05, 4.69) is 12.2 Å². The molecule has 1 atom stereocenters. The zero-order chi connectivity index (χ0) is 22.7. The zero-order valence-corrected chi connectivity index (χ0v) is 19.6. The fourth-order valence-electron chi connectivity index (χ4n) is 3.36. The van der Waals surface area contributed by atoms with E-state index in [1.165, 1.54) is 11.8 Å². The molecule has 1 aliphatic rings. The molecule has 0 saturated carbocycles. The average Bonchev–Trinajstić information content (AvgIpc) is 3.19. The number of hydrogen-bond donors (Lipinski definition) is 1. The molecule has 0 aliphatic carbocycles. The molecule has 0 radical (unpaired) electrons. The predicted molar refractivity (Wildman–Crippen MR) is 128 cm³/mol. The molecule has 3 aromatic rings. The van der Waals surface area contributed by atoms with Crippen molar-refractivity contribution in [1.82, 2.24) is 9.55 Å². The number of rotatable bonds is 7. The number of benzene rings is 2. The number of amides is 1. The minimum atomic E-state index is -0.182. The van der Waals surface area contributed by atoms with Gasteiger partial charge in [-0.25, -0.2) is 4.98 Å². The van der Waals surface area contributed by atoms with Crippen molar-refractivity contribution in [3.8, 4) is 17.2 Å². The molecule has 1 aromatic heterocycles. The van der Waals surface area contributed by atoms with Crippen LogP contribution >= 0.6 is 23.5 Å². The Hall–Kier alpha value is -2.91. The topological polar surface area (TPSA) is 82.5 Å². The van der Waals surface area contributed by atoms with Gasteiger partial charge in [-0.1, -0.05) is 18.7 Å². The third-order valence-electron chi connectivity index (χ3n) is 4.92. The molecule has 0 fully saturated rings. The second kappa shape index (κ2) is 9.70. The van der Waals surface area contributed by atoms with Gasteiger partial charge in [0.15, 0.2) is 5.16 Å². The number of carbonyl (C=O) groups is 1. The molecule has 1 aliphatic heterocycles. The predicted octanol–water partition coefficient (Wildman–Crippen LogP) is 4.02. The summed E-state index contributed by atoms with van der Waals surface area (Å²) in [5, 5.41) is 3.66. The summed E-state index contributed by atoms with van der Waals surface area (Å²) < 4.78 is 11.9. The van der Waals surface area contributed by atoms with Crippen molar-refractivity contribution in [2.75, 3.05) is 25.3 Å². The molecule has 0 saturated heterocycles. The first-order chi connectivity index (χ1) is 15.5. The smallest absolute Gasteiger partial charge is 0.272 e. The summed E-state index contributed by atoms with van der Waals surface area (Å²) in [7, 11) is 3.19. The van der Waals surface area contributed by atoms with E-state index in [9.17, 15) is 9.59 Å². The minimum Gasteiger partial charge on any atom is -0.497 e. The summed E-state index contributed by atoms with van der Waals surface area (Å²) >= 11 is 2.80. The summed E-state index contributed by atoms with van der Waals surface area (Å²) in [5.41, 5.74) is 2.06. The van der Waals surface area contributed by atoms with Crippen LogP contribution in [0.25, 0.3) is 5.69 Å². The zero-order valence-electron chi connectivity index (χ0n) is 18.0. The molecule has 0 spiro atoms. The summed E-state index contributed by atoms with van der Waals surface area (Å²) in [6, 6.07) is 14.4. The number of carbonyl (C=O) groups excluding carboxylic acids is 1. The van der Waals surface area contributed by atoms with Gasteiger partial charge in [-0.3, -0.25) is 14.2 Å². The highest BCUT2D eigenvalue weighted by molar-refractivity contribution is 8.00. The Morgan fingerprint density at radius 3 is 2.38 bits per heavy atom. The standard InChI is InChI=1S/C23H23N3O4S2/c1-14-12-19-21(32-14)22(28)26(16-6-10-18(30-3)11-7-16)23(25-19)31-13-20(27)24-15-4-8-17(29-2)9-5-15/h4-11,14H,12-13H2,1-3H3,(H,24,27). The Bertz CT molecular complexity index is 1180. The SMILES string of the molecule is COc1ccc(NC(=O)CSc2nc3c(c(=O)n2-c2ccc(OC)cc2)SC(C)C3)cc1. The van der Waals surface area contributed by atoms with E-state index in [-0.39, 0.29) is 17.2 Å². The van der Waals surface area contributed by atoms with Crippen LogP contribution in [0.15, 0.2) is 63.4 Å². The van der Waals surface area contributed by atoms with E-state index in [1.54, 1.807) is 66.9 Å². The van der Waals surface area contributed by atoms with Gasteiger partial charge in [0.25, 0.3) is 5.56 Å². The number of hydrogen-bond acceptors (Lipinski definition) is 7. The third kappa shape index (κ3) is 4.78. The fraction of sp³-hybridized carbons (Fsp3) is 0.261. The van der Waals surface area contributed by atoms with Crippen LogP contribution in [-0.2, 0) is 11.2 Å². The minimum absolute atomic E-state index is 0.104. The van der Waals surface area contributed by atoms with Crippen LogP contribution in [0.2, 0.25) is 0 Å². The van der Waals surface area contributed by atoms with Crippen molar-refractivity contribution >= 4 is 35.1 Å². The Morgan fingerprint density at radius 2 is 1.75 bits per heavy atom. The van der Waals surface area contributed by atoms with Crippen molar-refractivity contribution in [2.45, 2.75) is 28.6 Å². The summed E-state index contributed by atoms with van der Waals surface area (Å²) in [5.74, 6) is 1.36. The molecular formula is C23H23N3O4S2. The Balaban J connectivity index is 1.59. The Kier molecular flexibility index (Phi) is 6.76. The number of methoxy groups -OCH3 is 2. The summed E-state index contributed by atoms with van der Waals surface area (Å²) in [4.78, 5) is 31.3. The first-order valence-electron chi connectivity index (χ1n) is 10.0. The number of thioether (sulfide) groups is 2. The first kappa shape index (κ1) is 22.3. The molecule has 9 heteroatoms. The number of anilines is 1. The lowest BCUT2D eigenvalue weighted by molar-refractivity contribution is -0.113. The largest absolute Gasteiger partial charge is 0.497 e. The van der Waals surface area contributed by atoms with Gasteiger partial charge < -0.3 is 14.8 Å². The van der Waals surface area contributed by atoms with Crippen LogP contribution in [0.4, 0.5) is 5.69 Å². The van der Waals surface area contributed by atoms with Crippen molar-refractivity contribution in [3.05, 3.63) is 64.6 Å². The maximum atomic E-state index is 13.3. The summed E-state index contributed by atoms with van der Waals surface area (Å²) in [6.07, 6.45) is 0.740. The maximum absolute atomic E-state index is 13.3. The van der Waals surface area contributed by atoms with Gasteiger partial charge in [-0.15, -0.1) is 11.8 Å². The lowest BCUT2D eigenvalue weighted by Gasteiger charge is -2.14. The van der Waals surface area contributed by atoms with Gasteiger partial charge in [0.2, 0.25) is 5.91 Å². The van der Waals surface area contributed by atoms with Crippen molar-refractivity contribution in [1.29, 1.82) is 0 Å². The fourth-order valence-corrected chi connectivity index (χ4v) is 5.28. The maximum Gasteiger partial charge on any atom is 0.272 e. The molecule has 32 heavy (non-hydrogen) atoms. The van der Waals surface area contributed by atoms with Gasteiger partial charge in [0.05, 0.1) is 36.2 Å². The molecule has 2 aromatic carbocycles. The van der Waals surface area contributed by atoms with Gasteiger partial charge >= 0.3 is 0 Å². The van der Waals surface area contributed by atoms with Crippen molar-refractivity contribution < 1.29 is 14.3 Å². The molecule has 0 bridgehead atoms. The normalized spacial score (nSPS) is 14.7. The van der Waals surface area contributed by atoms with Gasteiger partial charge in [0, 0.05) is 17.4 Å². The van der Waals surface area contributed by atoms with Crippen LogP contribution in [-0.4, -0.2) is 40.7 Å². The van der Waals surface area contributed by atoms with Crippen LogP contribution in [0.3, 0.4) is 0 Å². The van der Waals surface area contributed by atoms with E-state index in [1.807, 2.05) is 12.1 Å². The van der Waals surface area contributed by atoms with Crippen molar-refractivity contribution in [3.63, 3.8) is 0 Å². The molecule has 1 amide bonds. The van der Waals surface area contributed by atoms with E-state index in [0.29, 0.717) is 32.4 Å². The Labute approximate surface area is 194 Å². The number of aromatic nitrogens is 2.